The van der Waals surface area contributed by atoms with Gasteiger partial charge in [0, 0.05) is 0 Å². The summed E-state index contributed by atoms with van der Waals surface area (Å²) >= 11 is 0. The zero-order valence-corrected chi connectivity index (χ0v) is 9.77. The Morgan fingerprint density at radius 1 is 1.23 bits per heavy atom. The molecular formula is C12H26O. The van der Waals surface area contributed by atoms with Crippen molar-refractivity contribution in [3.63, 3.8) is 0 Å². The highest BCUT2D eigenvalue weighted by molar-refractivity contribution is 4.83. The van der Waals surface area contributed by atoms with Gasteiger partial charge < -0.3 is 5.11 Å². The smallest absolute Gasteiger partial charge is 0.0648 e. The summed E-state index contributed by atoms with van der Waals surface area (Å²) in [5.74, 6) is 0.840. The van der Waals surface area contributed by atoms with Gasteiger partial charge in [0.25, 0.3) is 0 Å². The number of hydrogen-bond acceptors (Lipinski definition) is 1. The van der Waals surface area contributed by atoms with Crippen molar-refractivity contribution >= 4 is 0 Å². The van der Waals surface area contributed by atoms with Crippen molar-refractivity contribution in [3.8, 4) is 0 Å². The molecule has 1 N–H and O–H groups in total. The van der Waals surface area contributed by atoms with Crippen molar-refractivity contribution in [1.29, 1.82) is 0 Å². The van der Waals surface area contributed by atoms with Crippen LogP contribution in [-0.2, 0) is 0 Å². The Morgan fingerprint density at radius 2 is 1.69 bits per heavy atom. The average Bonchev–Trinajstić information content (AvgIpc) is 2.15. The summed E-state index contributed by atoms with van der Waals surface area (Å²) in [5, 5.41) is 9.99. The van der Waals surface area contributed by atoms with E-state index in [1.54, 1.807) is 0 Å². The van der Waals surface area contributed by atoms with Gasteiger partial charge >= 0.3 is 0 Å². The first-order valence-electron chi connectivity index (χ1n) is 5.89. The third-order valence-electron chi connectivity index (χ3n) is 2.92. The molecule has 0 saturated heterocycles. The summed E-state index contributed by atoms with van der Waals surface area (Å²) in [6.45, 7) is 8.43. The van der Waals surface area contributed by atoms with Gasteiger partial charge in [0.2, 0.25) is 0 Å². The lowest BCUT2D eigenvalue weighted by Crippen LogP contribution is -2.33. The second-order valence-corrected chi connectivity index (χ2v) is 4.16. The number of aliphatic hydroxyl groups is 1. The normalized spacial score (nSPS) is 33.5. The van der Waals surface area contributed by atoms with E-state index in [1.807, 2.05) is 13.8 Å². The van der Waals surface area contributed by atoms with Gasteiger partial charge in [-0.1, -0.05) is 34.1 Å². The SMILES string of the molecule is CC.CCCC1(O)CCC(C)CC1. The molecule has 0 radical (unpaired) electrons. The zero-order chi connectivity index (χ0) is 10.3. The van der Waals surface area contributed by atoms with Gasteiger partial charge in [0.1, 0.15) is 0 Å². The Hall–Kier alpha value is -0.0400. The summed E-state index contributed by atoms with van der Waals surface area (Å²) in [6, 6.07) is 0. The Morgan fingerprint density at radius 3 is 2.08 bits per heavy atom. The van der Waals surface area contributed by atoms with E-state index in [1.165, 1.54) is 12.8 Å². The predicted molar refractivity (Wildman–Crippen MR) is 58.8 cm³/mol. The Balaban J connectivity index is 0.000000671. The maximum absolute atomic E-state index is 9.99. The third kappa shape index (κ3) is 4.66. The van der Waals surface area contributed by atoms with E-state index in [9.17, 15) is 5.11 Å². The molecule has 0 aliphatic heterocycles. The highest BCUT2D eigenvalue weighted by atomic mass is 16.3. The fourth-order valence-corrected chi connectivity index (χ4v) is 2.01. The topological polar surface area (TPSA) is 20.2 Å². The van der Waals surface area contributed by atoms with Crippen LogP contribution >= 0.6 is 0 Å². The minimum absolute atomic E-state index is 0.290. The average molecular weight is 186 g/mol. The van der Waals surface area contributed by atoms with Gasteiger partial charge in [0.15, 0.2) is 0 Å². The molecule has 0 aromatic heterocycles. The van der Waals surface area contributed by atoms with Crippen LogP contribution in [0.15, 0.2) is 0 Å². The van der Waals surface area contributed by atoms with Crippen molar-refractivity contribution in [2.45, 2.75) is 71.8 Å². The van der Waals surface area contributed by atoms with Crippen LogP contribution in [0.1, 0.15) is 66.2 Å². The summed E-state index contributed by atoms with van der Waals surface area (Å²) in [4.78, 5) is 0. The molecule has 0 atom stereocenters. The van der Waals surface area contributed by atoms with E-state index in [2.05, 4.69) is 13.8 Å². The van der Waals surface area contributed by atoms with Gasteiger partial charge in [0.05, 0.1) is 5.60 Å². The fourth-order valence-electron chi connectivity index (χ4n) is 2.01. The minimum atomic E-state index is -0.290. The first-order valence-corrected chi connectivity index (χ1v) is 5.89. The van der Waals surface area contributed by atoms with Gasteiger partial charge in [-0.15, -0.1) is 0 Å². The summed E-state index contributed by atoms with van der Waals surface area (Å²) < 4.78 is 0. The Labute approximate surface area is 83.5 Å². The second-order valence-electron chi connectivity index (χ2n) is 4.16. The van der Waals surface area contributed by atoms with Gasteiger partial charge in [-0.25, -0.2) is 0 Å². The first-order chi connectivity index (χ1) is 6.16. The van der Waals surface area contributed by atoms with Crippen molar-refractivity contribution in [2.75, 3.05) is 0 Å². The molecule has 0 heterocycles. The molecule has 1 saturated carbocycles. The van der Waals surface area contributed by atoms with Crippen LogP contribution in [0.2, 0.25) is 0 Å². The molecule has 0 aromatic carbocycles. The van der Waals surface area contributed by atoms with E-state index < -0.39 is 0 Å². The van der Waals surface area contributed by atoms with Crippen LogP contribution in [0.4, 0.5) is 0 Å². The van der Waals surface area contributed by atoms with Crippen LogP contribution in [0.3, 0.4) is 0 Å². The standard InChI is InChI=1S/C10H20O.C2H6/c1-3-6-10(11)7-4-9(2)5-8-10;1-2/h9,11H,3-8H2,1-2H3;1-2H3. The van der Waals surface area contributed by atoms with Gasteiger partial charge in [-0.3, -0.25) is 0 Å². The van der Waals surface area contributed by atoms with E-state index in [-0.39, 0.29) is 5.60 Å². The molecular weight excluding hydrogens is 160 g/mol. The number of rotatable bonds is 2. The molecule has 1 aliphatic rings. The molecule has 0 unspecified atom stereocenters. The summed E-state index contributed by atoms with van der Waals surface area (Å²) in [7, 11) is 0. The largest absolute Gasteiger partial charge is 0.390 e. The summed E-state index contributed by atoms with van der Waals surface area (Å²) in [5.41, 5.74) is -0.290. The molecule has 1 fully saturated rings. The van der Waals surface area contributed by atoms with E-state index in [4.69, 9.17) is 0 Å². The van der Waals surface area contributed by atoms with Crippen molar-refractivity contribution < 1.29 is 5.11 Å². The minimum Gasteiger partial charge on any atom is -0.390 e. The van der Waals surface area contributed by atoms with Crippen LogP contribution in [0.5, 0.6) is 0 Å². The van der Waals surface area contributed by atoms with Crippen LogP contribution in [0.25, 0.3) is 0 Å². The molecule has 1 rings (SSSR count). The molecule has 80 valence electrons. The fraction of sp³-hybridized carbons (Fsp3) is 1.00. The second kappa shape index (κ2) is 6.42. The van der Waals surface area contributed by atoms with Crippen LogP contribution in [0, 0.1) is 5.92 Å². The quantitative estimate of drug-likeness (QED) is 0.696. The van der Waals surface area contributed by atoms with E-state index in [0.29, 0.717) is 0 Å². The molecule has 1 nitrogen and oxygen atoms in total. The lowest BCUT2D eigenvalue weighted by molar-refractivity contribution is -0.0149. The zero-order valence-electron chi connectivity index (χ0n) is 9.77. The Bertz CT molecular complexity index is 112. The molecule has 0 bridgehead atoms. The molecule has 0 amide bonds. The number of hydrogen-bond donors (Lipinski definition) is 1. The van der Waals surface area contributed by atoms with Crippen LogP contribution in [-0.4, -0.2) is 10.7 Å². The molecule has 1 heteroatoms. The highest BCUT2D eigenvalue weighted by Crippen LogP contribution is 2.34. The highest BCUT2D eigenvalue weighted by Gasteiger charge is 2.30. The molecule has 1 aliphatic carbocycles. The maximum atomic E-state index is 9.99. The lowest BCUT2D eigenvalue weighted by Gasteiger charge is -2.34. The van der Waals surface area contributed by atoms with Gasteiger partial charge in [-0.2, -0.15) is 0 Å². The maximum Gasteiger partial charge on any atom is 0.0648 e. The van der Waals surface area contributed by atoms with Gasteiger partial charge in [-0.05, 0) is 38.0 Å². The van der Waals surface area contributed by atoms with E-state index in [0.717, 1.165) is 31.6 Å². The van der Waals surface area contributed by atoms with Crippen LogP contribution < -0.4 is 0 Å². The third-order valence-corrected chi connectivity index (χ3v) is 2.92. The van der Waals surface area contributed by atoms with E-state index >= 15 is 0 Å². The molecule has 0 spiro atoms. The molecule has 0 aromatic rings. The van der Waals surface area contributed by atoms with Crippen molar-refractivity contribution in [2.24, 2.45) is 5.92 Å². The monoisotopic (exact) mass is 186 g/mol. The lowest BCUT2D eigenvalue weighted by atomic mass is 9.77. The Kier molecular flexibility index (Phi) is 6.40. The summed E-state index contributed by atoms with van der Waals surface area (Å²) in [6.07, 6.45) is 6.61. The molecule has 13 heavy (non-hydrogen) atoms. The van der Waals surface area contributed by atoms with Crippen molar-refractivity contribution in [3.05, 3.63) is 0 Å². The van der Waals surface area contributed by atoms with Crippen molar-refractivity contribution in [1.82, 2.24) is 0 Å². The predicted octanol–water partition coefficient (Wildman–Crippen LogP) is 3.75. The first kappa shape index (κ1) is 13.0.